The van der Waals surface area contributed by atoms with Crippen LogP contribution in [0.2, 0.25) is 0 Å². The van der Waals surface area contributed by atoms with Gasteiger partial charge in [0.25, 0.3) is 0 Å². The zero-order valence-electron chi connectivity index (χ0n) is 17.0. The van der Waals surface area contributed by atoms with E-state index in [2.05, 4.69) is 16.3 Å². The number of benzene rings is 2. The van der Waals surface area contributed by atoms with Crippen LogP contribution in [0.3, 0.4) is 0 Å². The fourth-order valence-corrected chi connectivity index (χ4v) is 4.95. The summed E-state index contributed by atoms with van der Waals surface area (Å²) in [4.78, 5) is 15.2. The summed E-state index contributed by atoms with van der Waals surface area (Å²) in [6.07, 6.45) is 3.59. The lowest BCUT2D eigenvalue weighted by Gasteiger charge is -2.28. The summed E-state index contributed by atoms with van der Waals surface area (Å²) in [6, 6.07) is 15.9. The first-order valence-electron chi connectivity index (χ1n) is 9.97. The Balaban J connectivity index is 1.70. The van der Waals surface area contributed by atoms with E-state index in [1.165, 1.54) is 22.7 Å². The molecule has 7 heteroatoms. The first-order valence-corrected chi connectivity index (χ1v) is 11.8. The first-order chi connectivity index (χ1) is 13.9. The summed E-state index contributed by atoms with van der Waals surface area (Å²) in [7, 11) is -3.60. The lowest BCUT2D eigenvalue weighted by atomic mass is 10.1. The van der Waals surface area contributed by atoms with Crippen molar-refractivity contribution in [1.29, 1.82) is 0 Å². The van der Waals surface area contributed by atoms with Crippen molar-refractivity contribution in [2.75, 3.05) is 23.7 Å². The Bertz CT molecular complexity index is 925. The van der Waals surface area contributed by atoms with Gasteiger partial charge in [0, 0.05) is 13.1 Å². The van der Waals surface area contributed by atoms with Crippen LogP contribution in [-0.2, 0) is 27.9 Å². The van der Waals surface area contributed by atoms with Gasteiger partial charge in [-0.05, 0) is 56.1 Å². The zero-order chi connectivity index (χ0) is 20.9. The largest absolute Gasteiger partial charge is 0.350 e. The van der Waals surface area contributed by atoms with Gasteiger partial charge in [0.15, 0.2) is 0 Å². The van der Waals surface area contributed by atoms with Gasteiger partial charge in [-0.15, -0.1) is 0 Å². The molecule has 1 heterocycles. The van der Waals surface area contributed by atoms with Crippen LogP contribution in [0.5, 0.6) is 0 Å². The molecule has 2 aromatic rings. The van der Waals surface area contributed by atoms with Gasteiger partial charge in [-0.25, -0.2) is 8.42 Å². The Kier molecular flexibility index (Phi) is 6.92. The minimum absolute atomic E-state index is 0.324. The molecular weight excluding hydrogens is 386 g/mol. The summed E-state index contributed by atoms with van der Waals surface area (Å²) >= 11 is 0. The summed E-state index contributed by atoms with van der Waals surface area (Å²) in [6.45, 7) is 5.08. The molecule has 1 atom stereocenters. The maximum Gasteiger partial charge on any atom is 0.243 e. The monoisotopic (exact) mass is 415 g/mol. The molecule has 0 aliphatic carbocycles. The van der Waals surface area contributed by atoms with E-state index in [-0.39, 0.29) is 5.91 Å². The van der Waals surface area contributed by atoms with Gasteiger partial charge in [0.05, 0.1) is 11.9 Å². The molecule has 0 spiro atoms. The average molecular weight is 416 g/mol. The van der Waals surface area contributed by atoms with Gasteiger partial charge in [-0.1, -0.05) is 42.5 Å². The second-order valence-corrected chi connectivity index (χ2v) is 9.40. The van der Waals surface area contributed by atoms with E-state index >= 15 is 0 Å². The number of likely N-dealkylation sites (tertiary alicyclic amines) is 1. The summed E-state index contributed by atoms with van der Waals surface area (Å²) in [5.74, 6) is -0.324. The van der Waals surface area contributed by atoms with Gasteiger partial charge in [0.2, 0.25) is 15.9 Å². The summed E-state index contributed by atoms with van der Waals surface area (Å²) in [5.41, 5.74) is 2.74. The molecule has 0 bridgehead atoms. The van der Waals surface area contributed by atoms with Crippen LogP contribution in [0.1, 0.15) is 30.9 Å². The fraction of sp³-hybridized carbons (Fsp3) is 0.409. The van der Waals surface area contributed by atoms with Crippen molar-refractivity contribution >= 4 is 21.6 Å². The molecule has 0 saturated carbocycles. The van der Waals surface area contributed by atoms with Crippen molar-refractivity contribution < 1.29 is 13.2 Å². The average Bonchev–Trinajstić information content (AvgIpc) is 3.20. The van der Waals surface area contributed by atoms with Crippen LogP contribution < -0.4 is 9.62 Å². The Morgan fingerprint density at radius 3 is 2.24 bits per heavy atom. The van der Waals surface area contributed by atoms with E-state index in [9.17, 15) is 13.2 Å². The van der Waals surface area contributed by atoms with Crippen LogP contribution in [-0.4, -0.2) is 44.6 Å². The van der Waals surface area contributed by atoms with E-state index in [1.54, 1.807) is 31.2 Å². The van der Waals surface area contributed by atoms with E-state index in [4.69, 9.17) is 0 Å². The summed E-state index contributed by atoms with van der Waals surface area (Å²) in [5, 5.41) is 2.92. The number of carbonyl (C=O) groups excluding carboxylic acids is 1. The van der Waals surface area contributed by atoms with E-state index < -0.39 is 16.1 Å². The lowest BCUT2D eigenvalue weighted by molar-refractivity contribution is -0.122. The highest BCUT2D eigenvalue weighted by Crippen LogP contribution is 2.21. The molecule has 0 unspecified atom stereocenters. The Morgan fingerprint density at radius 2 is 1.62 bits per heavy atom. The Morgan fingerprint density at radius 1 is 1.03 bits per heavy atom. The molecular formula is C22H29N3O3S. The molecule has 1 aliphatic heterocycles. The van der Waals surface area contributed by atoms with Crippen LogP contribution in [0.4, 0.5) is 5.69 Å². The predicted octanol–water partition coefficient (Wildman–Crippen LogP) is 2.75. The number of sulfonamides is 1. The quantitative estimate of drug-likeness (QED) is 0.720. The highest BCUT2D eigenvalue weighted by Gasteiger charge is 2.28. The highest BCUT2D eigenvalue weighted by molar-refractivity contribution is 7.92. The van der Waals surface area contributed by atoms with Gasteiger partial charge < -0.3 is 5.32 Å². The predicted molar refractivity (Wildman–Crippen MR) is 116 cm³/mol. The topological polar surface area (TPSA) is 69.7 Å². The number of hydrogen-bond donors (Lipinski definition) is 1. The van der Waals surface area contributed by atoms with E-state index in [1.807, 2.05) is 24.3 Å². The molecule has 1 N–H and O–H groups in total. The van der Waals surface area contributed by atoms with Crippen molar-refractivity contribution in [3.8, 4) is 0 Å². The van der Waals surface area contributed by atoms with Crippen molar-refractivity contribution in [3.05, 3.63) is 65.7 Å². The standard InChI is InChI=1S/C22H29N3O3S/c1-18(25(29(2,27)28)21-12-4-3-5-13-21)22(26)23-16-19-10-6-7-11-20(19)17-24-14-8-9-15-24/h3-7,10-13,18H,8-9,14-17H2,1-2H3,(H,23,26)/t18-/m1/s1. The number of para-hydroxylation sites is 1. The zero-order valence-corrected chi connectivity index (χ0v) is 17.9. The SMILES string of the molecule is C[C@H](C(=O)NCc1ccccc1CN1CCCC1)N(c1ccccc1)S(C)(=O)=O. The molecule has 1 amide bonds. The van der Waals surface area contributed by atoms with Gasteiger partial charge in [-0.3, -0.25) is 14.0 Å². The first kappa shape index (κ1) is 21.3. The summed E-state index contributed by atoms with van der Waals surface area (Å²) < 4.78 is 25.8. The Labute approximate surface area is 173 Å². The molecule has 6 nitrogen and oxygen atoms in total. The van der Waals surface area contributed by atoms with Crippen LogP contribution >= 0.6 is 0 Å². The second kappa shape index (κ2) is 9.41. The van der Waals surface area contributed by atoms with Crippen molar-refractivity contribution in [1.82, 2.24) is 10.2 Å². The Hall–Kier alpha value is -2.38. The third-order valence-electron chi connectivity index (χ3n) is 5.26. The minimum atomic E-state index is -3.60. The second-order valence-electron chi connectivity index (χ2n) is 7.54. The van der Waals surface area contributed by atoms with Crippen molar-refractivity contribution in [2.24, 2.45) is 0 Å². The van der Waals surface area contributed by atoms with Gasteiger partial charge in [-0.2, -0.15) is 0 Å². The molecule has 156 valence electrons. The highest BCUT2D eigenvalue weighted by atomic mass is 32.2. The van der Waals surface area contributed by atoms with Crippen molar-refractivity contribution in [2.45, 2.75) is 38.9 Å². The molecule has 0 aromatic heterocycles. The van der Waals surface area contributed by atoms with Crippen LogP contribution in [0.25, 0.3) is 0 Å². The van der Waals surface area contributed by atoms with Crippen molar-refractivity contribution in [3.63, 3.8) is 0 Å². The van der Waals surface area contributed by atoms with Gasteiger partial charge in [0.1, 0.15) is 6.04 Å². The minimum Gasteiger partial charge on any atom is -0.350 e. The molecule has 1 fully saturated rings. The molecule has 1 saturated heterocycles. The molecule has 1 aliphatic rings. The normalized spacial score (nSPS) is 15.8. The maximum atomic E-state index is 12.8. The van der Waals surface area contributed by atoms with Crippen LogP contribution in [0, 0.1) is 0 Å². The molecule has 29 heavy (non-hydrogen) atoms. The van der Waals surface area contributed by atoms with Crippen LogP contribution in [0.15, 0.2) is 54.6 Å². The number of amides is 1. The smallest absolute Gasteiger partial charge is 0.243 e. The number of anilines is 1. The van der Waals surface area contributed by atoms with E-state index in [0.717, 1.165) is 31.5 Å². The number of nitrogens with zero attached hydrogens (tertiary/aromatic N) is 2. The molecule has 3 rings (SSSR count). The number of hydrogen-bond acceptors (Lipinski definition) is 4. The lowest BCUT2D eigenvalue weighted by Crippen LogP contribution is -2.47. The fourth-order valence-electron chi connectivity index (χ4n) is 3.78. The third-order valence-corrected chi connectivity index (χ3v) is 6.50. The number of carbonyl (C=O) groups is 1. The van der Waals surface area contributed by atoms with Gasteiger partial charge >= 0.3 is 0 Å². The third kappa shape index (κ3) is 5.58. The van der Waals surface area contributed by atoms with E-state index in [0.29, 0.717) is 12.2 Å². The number of rotatable bonds is 8. The maximum absolute atomic E-state index is 12.8. The number of nitrogens with one attached hydrogen (secondary N) is 1. The molecule has 0 radical (unpaired) electrons. The molecule has 2 aromatic carbocycles.